The lowest BCUT2D eigenvalue weighted by Crippen LogP contribution is -2.40. The second-order valence-corrected chi connectivity index (χ2v) is 7.49. The van der Waals surface area contributed by atoms with E-state index in [4.69, 9.17) is 0 Å². The number of thioether (sulfide) groups is 1. The topological polar surface area (TPSA) is 58.2 Å². The van der Waals surface area contributed by atoms with Gasteiger partial charge in [-0.1, -0.05) is 44.2 Å². The van der Waals surface area contributed by atoms with Gasteiger partial charge in [-0.05, 0) is 23.6 Å². The third kappa shape index (κ3) is 6.67. The van der Waals surface area contributed by atoms with E-state index in [-0.39, 0.29) is 29.3 Å². The molecule has 2 rings (SSSR count). The van der Waals surface area contributed by atoms with Gasteiger partial charge in [0.25, 0.3) is 0 Å². The Hall–Kier alpha value is -2.41. The highest BCUT2D eigenvalue weighted by Crippen LogP contribution is 2.24. The third-order valence-corrected chi connectivity index (χ3v) is 5.38. The van der Waals surface area contributed by atoms with Gasteiger partial charge in [0.15, 0.2) is 11.6 Å². The molecule has 2 aromatic carbocycles. The van der Waals surface area contributed by atoms with Gasteiger partial charge in [0.1, 0.15) is 0 Å². The van der Waals surface area contributed by atoms with Crippen LogP contribution in [0.5, 0.6) is 0 Å². The fraction of sp³-hybridized carbons (Fsp3) is 0.300. The van der Waals surface area contributed by atoms with Crippen LogP contribution in [0.1, 0.15) is 19.4 Å². The Morgan fingerprint density at radius 3 is 2.37 bits per heavy atom. The summed E-state index contributed by atoms with van der Waals surface area (Å²) in [4.78, 5) is 24.4. The van der Waals surface area contributed by atoms with Crippen molar-refractivity contribution in [1.82, 2.24) is 5.32 Å². The highest BCUT2D eigenvalue weighted by Gasteiger charge is 2.23. The number of hydrogen-bond donors (Lipinski definition) is 2. The van der Waals surface area contributed by atoms with Crippen LogP contribution in [0, 0.1) is 17.6 Å². The van der Waals surface area contributed by atoms with Crippen LogP contribution in [-0.4, -0.2) is 23.6 Å². The van der Waals surface area contributed by atoms with Crippen molar-refractivity contribution in [3.8, 4) is 0 Å². The van der Waals surface area contributed by atoms with Crippen LogP contribution >= 0.6 is 11.8 Å². The first-order valence-corrected chi connectivity index (χ1v) is 9.60. The predicted octanol–water partition coefficient (Wildman–Crippen LogP) is 3.98. The number of amides is 2. The molecular weight excluding hydrogens is 370 g/mol. The lowest BCUT2D eigenvalue weighted by atomic mass is 10.1. The molecule has 1 unspecified atom stereocenters. The molecule has 0 radical (unpaired) electrons. The molecule has 0 saturated carbocycles. The van der Waals surface area contributed by atoms with Crippen molar-refractivity contribution in [2.75, 3.05) is 11.9 Å². The maximum Gasteiger partial charge on any atom is 0.243 e. The molecular formula is C20H22F2N2O2S. The maximum atomic E-state index is 13.2. The molecule has 0 aliphatic rings. The molecule has 144 valence electrons. The SMILES string of the molecule is CC(C)C(SCc1ccccc1)C(=O)NCC(=O)Nc1ccc(F)c(F)c1. The number of halogens is 2. The molecule has 2 aromatic rings. The van der Waals surface area contributed by atoms with E-state index in [1.54, 1.807) is 0 Å². The molecule has 7 heteroatoms. The summed E-state index contributed by atoms with van der Waals surface area (Å²) in [5.74, 6) is -1.99. The Bertz CT molecular complexity index is 785. The molecule has 0 spiro atoms. The summed E-state index contributed by atoms with van der Waals surface area (Å²) in [7, 11) is 0. The van der Waals surface area contributed by atoms with Crippen LogP contribution < -0.4 is 10.6 Å². The molecule has 1 atom stereocenters. The van der Waals surface area contributed by atoms with E-state index in [1.807, 2.05) is 44.2 Å². The molecule has 0 aromatic heterocycles. The van der Waals surface area contributed by atoms with Gasteiger partial charge < -0.3 is 10.6 Å². The van der Waals surface area contributed by atoms with Crippen molar-refractivity contribution in [2.24, 2.45) is 5.92 Å². The second-order valence-electron chi connectivity index (χ2n) is 6.36. The number of carbonyl (C=O) groups is 2. The van der Waals surface area contributed by atoms with Crippen molar-refractivity contribution in [1.29, 1.82) is 0 Å². The molecule has 0 bridgehead atoms. The van der Waals surface area contributed by atoms with Gasteiger partial charge in [-0.25, -0.2) is 8.78 Å². The molecule has 27 heavy (non-hydrogen) atoms. The Labute approximate surface area is 161 Å². The summed E-state index contributed by atoms with van der Waals surface area (Å²) in [6.45, 7) is 3.65. The minimum absolute atomic E-state index is 0.0907. The van der Waals surface area contributed by atoms with E-state index in [0.29, 0.717) is 5.75 Å². The van der Waals surface area contributed by atoms with Crippen LogP contribution in [0.25, 0.3) is 0 Å². The van der Waals surface area contributed by atoms with E-state index in [2.05, 4.69) is 10.6 Å². The minimum Gasteiger partial charge on any atom is -0.346 e. The third-order valence-electron chi connectivity index (χ3n) is 3.76. The first-order valence-electron chi connectivity index (χ1n) is 8.55. The zero-order chi connectivity index (χ0) is 19.8. The molecule has 0 saturated heterocycles. The largest absolute Gasteiger partial charge is 0.346 e. The fourth-order valence-corrected chi connectivity index (χ4v) is 3.56. The van der Waals surface area contributed by atoms with Gasteiger partial charge in [0.05, 0.1) is 11.8 Å². The summed E-state index contributed by atoms with van der Waals surface area (Å²) < 4.78 is 26.1. The Balaban J connectivity index is 1.85. The summed E-state index contributed by atoms with van der Waals surface area (Å²) in [5.41, 5.74) is 1.25. The van der Waals surface area contributed by atoms with Gasteiger partial charge >= 0.3 is 0 Å². The lowest BCUT2D eigenvalue weighted by molar-refractivity contribution is -0.124. The highest BCUT2D eigenvalue weighted by molar-refractivity contribution is 7.99. The highest BCUT2D eigenvalue weighted by atomic mass is 32.2. The number of carbonyl (C=O) groups excluding carboxylic acids is 2. The van der Waals surface area contributed by atoms with E-state index in [1.165, 1.54) is 17.8 Å². The summed E-state index contributed by atoms with van der Waals surface area (Å²) in [6, 6.07) is 12.9. The minimum atomic E-state index is -1.05. The Morgan fingerprint density at radius 1 is 1.04 bits per heavy atom. The summed E-state index contributed by atoms with van der Waals surface area (Å²) in [5, 5.41) is 4.73. The predicted molar refractivity (Wildman–Crippen MR) is 104 cm³/mol. The van der Waals surface area contributed by atoms with Crippen molar-refractivity contribution in [3.05, 3.63) is 65.7 Å². The van der Waals surface area contributed by atoms with Crippen LogP contribution in [0.15, 0.2) is 48.5 Å². The average molecular weight is 392 g/mol. The number of nitrogens with one attached hydrogen (secondary N) is 2. The monoisotopic (exact) mass is 392 g/mol. The Kier molecular flexibility index (Phi) is 7.79. The van der Waals surface area contributed by atoms with Crippen LogP contribution in [0.2, 0.25) is 0 Å². The standard InChI is InChI=1S/C20H22F2N2O2S/c1-13(2)19(27-12-14-6-4-3-5-7-14)20(26)23-11-18(25)24-15-8-9-16(21)17(22)10-15/h3-10,13,19H,11-12H2,1-2H3,(H,23,26)(H,24,25). The van der Waals surface area contributed by atoms with Crippen LogP contribution in [-0.2, 0) is 15.3 Å². The molecule has 0 aliphatic heterocycles. The zero-order valence-electron chi connectivity index (χ0n) is 15.2. The van der Waals surface area contributed by atoms with Gasteiger partial charge in [-0.2, -0.15) is 0 Å². The van der Waals surface area contributed by atoms with Crippen molar-refractivity contribution >= 4 is 29.3 Å². The molecule has 0 heterocycles. The molecule has 4 nitrogen and oxygen atoms in total. The first kappa shape index (κ1) is 20.9. The molecule has 0 fully saturated rings. The van der Waals surface area contributed by atoms with Gasteiger partial charge in [-0.15, -0.1) is 11.8 Å². The van der Waals surface area contributed by atoms with E-state index in [0.717, 1.165) is 17.7 Å². The number of hydrogen-bond acceptors (Lipinski definition) is 3. The first-order chi connectivity index (χ1) is 12.9. The van der Waals surface area contributed by atoms with Crippen LogP contribution in [0.3, 0.4) is 0 Å². The maximum absolute atomic E-state index is 13.2. The summed E-state index contributed by atoms with van der Waals surface area (Å²) in [6.07, 6.45) is 0. The number of benzene rings is 2. The normalized spacial score (nSPS) is 11.9. The zero-order valence-corrected chi connectivity index (χ0v) is 16.0. The molecule has 2 N–H and O–H groups in total. The number of anilines is 1. The second kappa shape index (κ2) is 10.1. The van der Waals surface area contributed by atoms with E-state index >= 15 is 0 Å². The van der Waals surface area contributed by atoms with E-state index in [9.17, 15) is 18.4 Å². The number of rotatable bonds is 8. The molecule has 0 aliphatic carbocycles. The molecule has 2 amide bonds. The quantitative estimate of drug-likeness (QED) is 0.715. The van der Waals surface area contributed by atoms with E-state index < -0.39 is 17.5 Å². The smallest absolute Gasteiger partial charge is 0.243 e. The lowest BCUT2D eigenvalue weighted by Gasteiger charge is -2.20. The van der Waals surface area contributed by atoms with Crippen molar-refractivity contribution in [3.63, 3.8) is 0 Å². The van der Waals surface area contributed by atoms with Crippen molar-refractivity contribution in [2.45, 2.75) is 24.9 Å². The van der Waals surface area contributed by atoms with Gasteiger partial charge in [-0.3, -0.25) is 9.59 Å². The van der Waals surface area contributed by atoms with Crippen molar-refractivity contribution < 1.29 is 18.4 Å². The average Bonchev–Trinajstić information content (AvgIpc) is 2.64. The fourth-order valence-electron chi connectivity index (χ4n) is 2.38. The van der Waals surface area contributed by atoms with Gasteiger partial charge in [0.2, 0.25) is 11.8 Å². The van der Waals surface area contributed by atoms with Gasteiger partial charge in [0, 0.05) is 17.5 Å². The van der Waals surface area contributed by atoms with Crippen LogP contribution in [0.4, 0.5) is 14.5 Å². The summed E-state index contributed by atoms with van der Waals surface area (Å²) >= 11 is 1.52. The Morgan fingerprint density at radius 2 is 1.74 bits per heavy atom.